The molecule has 0 saturated carbocycles. The third-order valence-corrected chi connectivity index (χ3v) is 21.5. The summed E-state index contributed by atoms with van der Waals surface area (Å²) in [4.78, 5) is 154. The number of guanidine groups is 1. The highest BCUT2D eigenvalue weighted by atomic mass is 32.2. The number of hydrogen-bond donors (Lipinski definition) is 11. The number of aryl methyl sites for hydroxylation is 4. The van der Waals surface area contributed by atoms with Gasteiger partial charge in [-0.25, -0.2) is 28.1 Å². The summed E-state index contributed by atoms with van der Waals surface area (Å²) >= 11 is 0. The summed E-state index contributed by atoms with van der Waals surface area (Å²) in [5.74, 6) is -8.46. The van der Waals surface area contributed by atoms with E-state index >= 15 is 0 Å². The number of aromatic nitrogens is 9. The van der Waals surface area contributed by atoms with Crippen LogP contribution in [0.2, 0.25) is 0 Å². The van der Waals surface area contributed by atoms with Crippen molar-refractivity contribution in [2.45, 2.75) is 254 Å². The molecule has 14 N–H and O–H groups in total. The Kier molecular flexibility index (Phi) is 31.3. The number of carbonyl (C=O) groups is 10. The molecule has 1 aliphatic heterocycles. The van der Waals surface area contributed by atoms with Crippen molar-refractivity contribution in [2.75, 3.05) is 45.3 Å². The number of fused-ring (bicyclic) bond motifs is 5. The Labute approximate surface area is 730 Å². The van der Waals surface area contributed by atoms with Gasteiger partial charge in [-0.3, -0.25) is 68.0 Å². The standard InChI is InChI=1S/C86H118N20O19S/c1-20-105-61(35-46(3)100-105)74-93-45-55-53-37-51(72(88)110)39-63(121-34-26-32-119-19)68(53)103(75(55)98-74)30-22-23-31-104-69-58(97-82(104)99-80(116)62-36-47(4)101-106(62)21-2)38-52(73(89)111)40-64(69)120-33-25-29-91-77(113)59(42-66(108)123-84(11,12)13)95-79(115)60(43-67(109)124-85(14,15)16)96-78(114)57(94-76(112)56(87)41-65(107)122-83(8,9)10)27-24-28-92-81(90)102-126(117,118)71-49(6)48(5)70-54(50(71)7)44-86(17,18)125-70/h22-23,35-40,45,56-57,59-60H,20-21,24-34,41-44,87H2,1-19H3,(H2,88,110)(H2,89,111)(H,91,113)(H,94,112)(H,95,115)(H,96,114)(H3,90,92,102)(H,97,99,116)/b23-22+/t56-,57-,59-,60-/m0/s1. The average Bonchev–Trinajstić information content (AvgIpc) is 1.33. The maximum absolute atomic E-state index is 14.9. The van der Waals surface area contributed by atoms with Crippen molar-refractivity contribution >= 4 is 114 Å². The van der Waals surface area contributed by atoms with Crippen molar-refractivity contribution in [1.29, 1.82) is 5.41 Å². The summed E-state index contributed by atoms with van der Waals surface area (Å²) in [5.41, 5.74) is 20.4. The van der Waals surface area contributed by atoms with Gasteiger partial charge in [0.2, 0.25) is 47.4 Å². The number of imidazole rings is 1. The Balaban J connectivity index is 0.979. The number of allylic oxidation sites excluding steroid dienone is 2. The van der Waals surface area contributed by atoms with E-state index in [1.807, 2.05) is 51.3 Å². The molecule has 0 spiro atoms. The van der Waals surface area contributed by atoms with E-state index in [1.54, 1.807) is 137 Å². The Morgan fingerprint density at radius 2 is 1.16 bits per heavy atom. The number of amides is 7. The number of rotatable bonds is 40. The topological polar surface area (TPSA) is 540 Å². The van der Waals surface area contributed by atoms with Crippen LogP contribution < -0.4 is 68.0 Å². The molecule has 5 aromatic heterocycles. The summed E-state index contributed by atoms with van der Waals surface area (Å²) in [6, 6.07) is 2.63. The van der Waals surface area contributed by atoms with Gasteiger partial charge < -0.3 is 86.1 Å². The molecule has 0 aliphatic carbocycles. The second-order valence-electron chi connectivity index (χ2n) is 34.4. The van der Waals surface area contributed by atoms with Crippen LogP contribution >= 0.6 is 0 Å². The molecule has 8 aromatic rings. The molecule has 0 radical (unpaired) electrons. The lowest BCUT2D eigenvalue weighted by atomic mass is 9.94. The van der Waals surface area contributed by atoms with Crippen LogP contribution in [-0.2, 0) is 95.1 Å². The van der Waals surface area contributed by atoms with Crippen LogP contribution in [0.25, 0.3) is 44.5 Å². The van der Waals surface area contributed by atoms with E-state index in [2.05, 4.69) is 46.8 Å². The van der Waals surface area contributed by atoms with Gasteiger partial charge in [0.15, 0.2) is 5.82 Å². The quantitative estimate of drug-likeness (QED) is 0.00484. The smallest absolute Gasteiger partial charge is 0.308 e. The normalized spacial score (nSPS) is 13.7. The molecule has 0 fully saturated rings. The summed E-state index contributed by atoms with van der Waals surface area (Å²) in [5, 5.41) is 34.8. The van der Waals surface area contributed by atoms with E-state index in [0.29, 0.717) is 99.9 Å². The summed E-state index contributed by atoms with van der Waals surface area (Å²) in [6.07, 6.45) is 3.52. The highest BCUT2D eigenvalue weighted by Gasteiger charge is 2.39. The highest BCUT2D eigenvalue weighted by molar-refractivity contribution is 7.90. The number of carbonyl (C=O) groups excluding carboxylic acids is 10. The van der Waals surface area contributed by atoms with Gasteiger partial charge in [0.05, 0.1) is 65.8 Å². The first-order valence-electron chi connectivity index (χ1n) is 41.5. The lowest BCUT2D eigenvalue weighted by molar-refractivity contribution is -0.158. The number of esters is 3. The van der Waals surface area contributed by atoms with Crippen molar-refractivity contribution in [1.82, 2.24) is 75.0 Å². The first-order chi connectivity index (χ1) is 59.0. The third kappa shape index (κ3) is 25.1. The highest BCUT2D eigenvalue weighted by Crippen LogP contribution is 2.44. The molecule has 3 aromatic carbocycles. The zero-order valence-electron chi connectivity index (χ0n) is 74.9. The third-order valence-electron chi connectivity index (χ3n) is 19.9. The van der Waals surface area contributed by atoms with Gasteiger partial charge >= 0.3 is 17.9 Å². The van der Waals surface area contributed by atoms with E-state index < -0.39 is 141 Å². The molecule has 7 amide bonds. The Hall–Kier alpha value is -12.6. The Morgan fingerprint density at radius 3 is 1.75 bits per heavy atom. The van der Waals surface area contributed by atoms with Crippen LogP contribution in [0.15, 0.2) is 59.6 Å². The number of methoxy groups -OCH3 is 1. The molecule has 40 heteroatoms. The predicted octanol–water partition coefficient (Wildman–Crippen LogP) is 6.56. The fourth-order valence-electron chi connectivity index (χ4n) is 14.4. The molecule has 0 bridgehead atoms. The van der Waals surface area contributed by atoms with Crippen molar-refractivity contribution in [2.24, 2.45) is 17.2 Å². The predicted molar refractivity (Wildman–Crippen MR) is 468 cm³/mol. The van der Waals surface area contributed by atoms with Crippen LogP contribution in [0.4, 0.5) is 5.95 Å². The minimum atomic E-state index is -4.39. The van der Waals surface area contributed by atoms with E-state index in [-0.39, 0.29) is 103 Å². The molecular weight excluding hydrogens is 1650 g/mol. The second-order valence-corrected chi connectivity index (χ2v) is 36.0. The van der Waals surface area contributed by atoms with Crippen LogP contribution in [0.5, 0.6) is 17.2 Å². The Morgan fingerprint density at radius 1 is 0.619 bits per heavy atom. The van der Waals surface area contributed by atoms with E-state index in [0.717, 1.165) is 11.3 Å². The van der Waals surface area contributed by atoms with Gasteiger partial charge in [-0.15, -0.1) is 0 Å². The number of nitrogens with zero attached hydrogens (tertiary/aromatic N) is 9. The van der Waals surface area contributed by atoms with E-state index in [9.17, 15) is 56.4 Å². The van der Waals surface area contributed by atoms with Crippen molar-refractivity contribution in [3.63, 3.8) is 0 Å². The maximum Gasteiger partial charge on any atom is 0.308 e. The molecule has 0 saturated heterocycles. The minimum absolute atomic E-state index is 0.0100. The lowest BCUT2D eigenvalue weighted by Gasteiger charge is -2.27. The number of primary amides is 2. The largest absolute Gasteiger partial charge is 0.491 e. The molecule has 6 heterocycles. The van der Waals surface area contributed by atoms with Crippen LogP contribution in [0, 0.1) is 40.0 Å². The van der Waals surface area contributed by atoms with Crippen molar-refractivity contribution < 1.29 is 89.5 Å². The van der Waals surface area contributed by atoms with Gasteiger partial charge in [0.25, 0.3) is 15.9 Å². The molecule has 39 nitrogen and oxygen atoms in total. The average molecular weight is 1770 g/mol. The van der Waals surface area contributed by atoms with Crippen LogP contribution in [0.1, 0.15) is 200 Å². The van der Waals surface area contributed by atoms with Gasteiger partial charge in [-0.2, -0.15) is 10.2 Å². The maximum atomic E-state index is 14.9. The van der Waals surface area contributed by atoms with Crippen molar-refractivity contribution in [3.05, 3.63) is 105 Å². The van der Waals surface area contributed by atoms with E-state index in [1.165, 1.54) is 16.8 Å². The molecule has 0 unspecified atom stereocenters. The van der Waals surface area contributed by atoms with E-state index in [4.69, 9.17) is 70.7 Å². The van der Waals surface area contributed by atoms with Crippen molar-refractivity contribution in [3.8, 4) is 28.8 Å². The van der Waals surface area contributed by atoms with Gasteiger partial charge in [0.1, 0.15) is 80.3 Å². The summed E-state index contributed by atoms with van der Waals surface area (Å²) < 4.78 is 78.3. The number of anilines is 1. The first kappa shape index (κ1) is 97.2. The monoisotopic (exact) mass is 1770 g/mol. The zero-order valence-corrected chi connectivity index (χ0v) is 75.8. The van der Waals surface area contributed by atoms with Crippen LogP contribution in [0.3, 0.4) is 0 Å². The molecule has 126 heavy (non-hydrogen) atoms. The number of benzene rings is 3. The number of nitrogens with two attached hydrogens (primary N) is 3. The van der Waals surface area contributed by atoms with Gasteiger partial charge in [-0.1, -0.05) is 12.2 Å². The molecule has 9 rings (SSSR count). The summed E-state index contributed by atoms with van der Waals surface area (Å²) in [6.45, 7) is 31.4. The number of hydrogen-bond acceptors (Lipinski definition) is 26. The van der Waals surface area contributed by atoms with Gasteiger partial charge in [-0.05, 0) is 197 Å². The lowest BCUT2D eigenvalue weighted by Crippen LogP contribution is -2.58. The number of nitrogens with one attached hydrogen (secondary N) is 8. The molecule has 1 aliphatic rings. The number of sulfonamides is 1. The molecule has 4 atom stereocenters. The SMILES string of the molecule is CCn1nc(C)cc1C(=O)Nc1nc2cc(C(N)=O)cc(OCCCNC(=O)[C@H](CC(=O)OC(C)(C)C)NC(=O)[C@H](CC(=O)OC(C)(C)C)NC(=O)[C@H](CCCNC(=N)NS(=O)(=O)c3c(C)c(C)c4c(c3C)CC(C)(C)O4)NC(=O)[C@@H](N)CC(=O)OC(C)(C)C)c2n1C/C=C/Cn1c2nc(-c3cc(C)nn3CC)ncc2c2cc(C(N)=O)cc(OCCCOC)c21. The molecule has 682 valence electrons. The molecular formula is C86H118N20O19S. The second kappa shape index (κ2) is 40.6. The fraction of sp³-hybridized carbons (Fsp3) is 0.512. The Bertz CT molecular complexity index is 5640. The van der Waals surface area contributed by atoms with Gasteiger partial charge in [0, 0.05) is 99.5 Å². The number of ether oxygens (including phenoxy) is 7. The van der Waals surface area contributed by atoms with Crippen LogP contribution in [-0.4, -0.2) is 204 Å². The zero-order chi connectivity index (χ0) is 93.0. The summed E-state index contributed by atoms with van der Waals surface area (Å²) in [7, 11) is -2.81. The minimum Gasteiger partial charge on any atom is -0.491 e. The fourth-order valence-corrected chi connectivity index (χ4v) is 15.9. The first-order valence-corrected chi connectivity index (χ1v) is 43.0.